The van der Waals surface area contributed by atoms with Crippen LogP contribution in [0.1, 0.15) is 20.8 Å². The van der Waals surface area contributed by atoms with Crippen LogP contribution in [0.5, 0.6) is 0 Å². The summed E-state index contributed by atoms with van der Waals surface area (Å²) < 4.78 is 1.08. The van der Waals surface area contributed by atoms with Crippen molar-refractivity contribution in [1.82, 2.24) is 5.32 Å². The molecule has 19 heavy (non-hydrogen) atoms. The van der Waals surface area contributed by atoms with Gasteiger partial charge in [-0.05, 0) is 58.2 Å². The Labute approximate surface area is 124 Å². The molecule has 0 saturated carbocycles. The van der Waals surface area contributed by atoms with Crippen LogP contribution in [0, 0.1) is 0 Å². The fraction of sp³-hybridized carbons (Fsp3) is 0.214. The van der Waals surface area contributed by atoms with Crippen molar-refractivity contribution < 1.29 is 4.79 Å². The number of rotatable bonds is 3. The first-order valence-electron chi connectivity index (χ1n) is 6.11. The summed E-state index contributed by atoms with van der Waals surface area (Å²) in [4.78, 5) is 13.2. The van der Waals surface area contributed by atoms with E-state index in [4.69, 9.17) is 0 Å². The van der Waals surface area contributed by atoms with Crippen molar-refractivity contribution in [2.75, 3.05) is 11.9 Å². The van der Waals surface area contributed by atoms with Crippen LogP contribution >= 0.6 is 27.3 Å². The molecule has 0 spiro atoms. The van der Waals surface area contributed by atoms with Crippen LogP contribution < -0.4 is 10.6 Å². The van der Waals surface area contributed by atoms with E-state index in [1.807, 2.05) is 30.3 Å². The lowest BCUT2D eigenvalue weighted by atomic mass is 10.1. The minimum absolute atomic E-state index is 0.0146. The number of fused-ring (bicyclic) bond motifs is 1. The maximum Gasteiger partial charge on any atom is 0.251 e. The highest BCUT2D eigenvalue weighted by Gasteiger charge is 2.13. The molecule has 1 aromatic carbocycles. The zero-order chi connectivity index (χ0) is 13.2. The van der Waals surface area contributed by atoms with Crippen molar-refractivity contribution in [2.24, 2.45) is 0 Å². The predicted molar refractivity (Wildman–Crippen MR) is 81.8 cm³/mol. The van der Waals surface area contributed by atoms with Gasteiger partial charge in [0.1, 0.15) is 0 Å². The molecule has 3 nitrogen and oxygen atoms in total. The van der Waals surface area contributed by atoms with Gasteiger partial charge in [0.15, 0.2) is 0 Å². The molecule has 1 aliphatic rings. The van der Waals surface area contributed by atoms with Gasteiger partial charge in [-0.3, -0.25) is 4.79 Å². The summed E-state index contributed by atoms with van der Waals surface area (Å²) in [6.07, 6.45) is 0.994. The Morgan fingerprint density at radius 1 is 1.37 bits per heavy atom. The molecule has 0 aliphatic carbocycles. The highest BCUT2D eigenvalue weighted by Crippen LogP contribution is 2.24. The normalized spacial score (nSPS) is 12.9. The van der Waals surface area contributed by atoms with Crippen molar-refractivity contribution in [3.8, 4) is 0 Å². The van der Waals surface area contributed by atoms with Crippen molar-refractivity contribution in [3.05, 3.63) is 50.1 Å². The second-order valence-corrected chi connectivity index (χ2v) is 6.98. The second kappa shape index (κ2) is 5.35. The summed E-state index contributed by atoms with van der Waals surface area (Å²) in [5.74, 6) is -0.0146. The number of nitrogens with one attached hydrogen (secondary N) is 2. The molecule has 98 valence electrons. The number of thiophene rings is 1. The Hall–Kier alpha value is -1.33. The van der Waals surface area contributed by atoms with Gasteiger partial charge in [0.25, 0.3) is 5.91 Å². The third kappa shape index (κ3) is 2.82. The number of carbonyl (C=O) groups is 1. The first kappa shape index (κ1) is 12.7. The SMILES string of the molecule is O=C(NCc1ccc(Br)s1)c1ccc2c(c1)CCN2. The van der Waals surface area contributed by atoms with E-state index in [1.165, 1.54) is 5.56 Å². The maximum atomic E-state index is 12.1. The van der Waals surface area contributed by atoms with Crippen LogP contribution in [0.2, 0.25) is 0 Å². The first-order valence-corrected chi connectivity index (χ1v) is 7.72. The van der Waals surface area contributed by atoms with E-state index >= 15 is 0 Å². The van der Waals surface area contributed by atoms with Gasteiger partial charge in [0.2, 0.25) is 0 Å². The number of anilines is 1. The molecule has 0 unspecified atom stereocenters. The molecule has 0 saturated heterocycles. The monoisotopic (exact) mass is 336 g/mol. The molecule has 2 heterocycles. The predicted octanol–water partition coefficient (Wildman–Crippen LogP) is 3.41. The molecule has 0 radical (unpaired) electrons. The lowest BCUT2D eigenvalue weighted by Crippen LogP contribution is -2.22. The first-order chi connectivity index (χ1) is 9.22. The van der Waals surface area contributed by atoms with Crippen LogP contribution in [0.4, 0.5) is 5.69 Å². The molecule has 1 aromatic heterocycles. The third-order valence-electron chi connectivity index (χ3n) is 3.13. The fourth-order valence-electron chi connectivity index (χ4n) is 2.16. The quantitative estimate of drug-likeness (QED) is 0.901. The molecule has 1 amide bonds. The Morgan fingerprint density at radius 3 is 3.05 bits per heavy atom. The van der Waals surface area contributed by atoms with Gasteiger partial charge in [0, 0.05) is 22.7 Å². The molecule has 2 aromatic rings. The molecule has 0 atom stereocenters. The maximum absolute atomic E-state index is 12.1. The van der Waals surface area contributed by atoms with E-state index in [2.05, 4.69) is 26.6 Å². The second-order valence-electron chi connectivity index (χ2n) is 4.44. The largest absolute Gasteiger partial charge is 0.384 e. The highest BCUT2D eigenvalue weighted by molar-refractivity contribution is 9.11. The average Bonchev–Trinajstić information content (AvgIpc) is 3.03. The number of amides is 1. The molecule has 1 aliphatic heterocycles. The van der Waals surface area contributed by atoms with Gasteiger partial charge in [-0.25, -0.2) is 0 Å². The van der Waals surface area contributed by atoms with Crippen molar-refractivity contribution >= 4 is 38.9 Å². The van der Waals surface area contributed by atoms with Gasteiger partial charge in [-0.15, -0.1) is 11.3 Å². The van der Waals surface area contributed by atoms with E-state index in [0.29, 0.717) is 6.54 Å². The van der Waals surface area contributed by atoms with Gasteiger partial charge >= 0.3 is 0 Å². The average molecular weight is 337 g/mol. The minimum Gasteiger partial charge on any atom is -0.384 e. The van der Waals surface area contributed by atoms with Crippen molar-refractivity contribution in [2.45, 2.75) is 13.0 Å². The Balaban J connectivity index is 1.67. The standard InChI is InChI=1S/C14H13BrN2OS/c15-13-4-2-11(19-13)8-17-14(18)10-1-3-12-9(7-10)5-6-16-12/h1-4,7,16H,5-6,8H2,(H,17,18). The van der Waals surface area contributed by atoms with Crippen LogP contribution in [-0.4, -0.2) is 12.5 Å². The van der Waals surface area contributed by atoms with Gasteiger partial charge < -0.3 is 10.6 Å². The molecule has 0 bridgehead atoms. The van der Waals surface area contributed by atoms with E-state index < -0.39 is 0 Å². The Kier molecular flexibility index (Phi) is 3.57. The number of benzene rings is 1. The molecule has 0 fully saturated rings. The van der Waals surface area contributed by atoms with Crippen molar-refractivity contribution in [3.63, 3.8) is 0 Å². The van der Waals surface area contributed by atoms with Crippen LogP contribution in [0.15, 0.2) is 34.1 Å². The molecule has 2 N–H and O–H groups in total. The number of carbonyl (C=O) groups excluding carboxylic acids is 1. The Bertz CT molecular complexity index is 624. The van der Waals surface area contributed by atoms with E-state index in [1.54, 1.807) is 11.3 Å². The van der Waals surface area contributed by atoms with Crippen LogP contribution in [0.3, 0.4) is 0 Å². The van der Waals surface area contributed by atoms with Crippen molar-refractivity contribution in [1.29, 1.82) is 0 Å². The van der Waals surface area contributed by atoms with Gasteiger partial charge in [-0.1, -0.05) is 0 Å². The smallest absolute Gasteiger partial charge is 0.251 e. The summed E-state index contributed by atoms with van der Waals surface area (Å²) >= 11 is 5.05. The number of hydrogen-bond donors (Lipinski definition) is 2. The number of halogens is 1. The van der Waals surface area contributed by atoms with Crippen LogP contribution in [0.25, 0.3) is 0 Å². The topological polar surface area (TPSA) is 41.1 Å². The zero-order valence-electron chi connectivity index (χ0n) is 10.2. The van der Waals surface area contributed by atoms with E-state index in [0.717, 1.165) is 32.9 Å². The third-order valence-corrected chi connectivity index (χ3v) is 4.75. The minimum atomic E-state index is -0.0146. The summed E-state index contributed by atoms with van der Waals surface area (Å²) in [5, 5.41) is 6.24. The summed E-state index contributed by atoms with van der Waals surface area (Å²) in [6.45, 7) is 1.54. The van der Waals surface area contributed by atoms with E-state index in [-0.39, 0.29) is 5.91 Å². The Morgan fingerprint density at radius 2 is 2.26 bits per heavy atom. The molecular weight excluding hydrogens is 324 g/mol. The molecular formula is C14H13BrN2OS. The summed E-state index contributed by atoms with van der Waals surface area (Å²) in [5.41, 5.74) is 3.11. The molecule has 5 heteroatoms. The van der Waals surface area contributed by atoms with Crippen LogP contribution in [-0.2, 0) is 13.0 Å². The highest BCUT2D eigenvalue weighted by atomic mass is 79.9. The van der Waals surface area contributed by atoms with E-state index in [9.17, 15) is 4.79 Å². The fourth-order valence-corrected chi connectivity index (χ4v) is 3.59. The lowest BCUT2D eigenvalue weighted by Gasteiger charge is -2.06. The number of hydrogen-bond acceptors (Lipinski definition) is 3. The summed E-state index contributed by atoms with van der Waals surface area (Å²) in [7, 11) is 0. The zero-order valence-corrected chi connectivity index (χ0v) is 12.6. The lowest BCUT2D eigenvalue weighted by molar-refractivity contribution is 0.0951. The molecule has 3 rings (SSSR count). The van der Waals surface area contributed by atoms with Gasteiger partial charge in [0.05, 0.1) is 10.3 Å². The summed E-state index contributed by atoms with van der Waals surface area (Å²) in [6, 6.07) is 9.85. The van der Waals surface area contributed by atoms with Gasteiger partial charge in [-0.2, -0.15) is 0 Å².